The molecule has 0 bridgehead atoms. The van der Waals surface area contributed by atoms with Crippen LogP contribution in [0.3, 0.4) is 0 Å². The van der Waals surface area contributed by atoms with Crippen molar-refractivity contribution in [2.45, 2.75) is 11.3 Å². The van der Waals surface area contributed by atoms with Crippen LogP contribution >= 0.6 is 0 Å². The normalized spacial score (nSPS) is 19.3. The summed E-state index contributed by atoms with van der Waals surface area (Å²) in [5, 5.41) is 0. The van der Waals surface area contributed by atoms with E-state index < -0.39 is 36.6 Å². The molecule has 8 nitrogen and oxygen atoms in total. The molecule has 2 aromatic rings. The average Bonchev–Trinajstić information content (AvgIpc) is 3.14. The first-order chi connectivity index (χ1) is 15.1. The Balaban J connectivity index is 1.43. The van der Waals surface area contributed by atoms with Crippen molar-refractivity contribution in [3.05, 3.63) is 59.7 Å². The zero-order valence-corrected chi connectivity index (χ0v) is 18.6. The summed E-state index contributed by atoms with van der Waals surface area (Å²) in [6.07, 6.45) is 0.551. The summed E-state index contributed by atoms with van der Waals surface area (Å²) < 4.78 is 79.2. The highest BCUT2D eigenvalue weighted by molar-refractivity contribution is 7.93. The number of halogens is 2. The number of rotatable bonds is 4. The Hall–Kier alpha value is -2.57. The van der Waals surface area contributed by atoms with Gasteiger partial charge in [0.2, 0.25) is 20.0 Å². The fraction of sp³-hybridized carbons (Fsp3) is 0.350. The minimum Gasteiger partial charge on any atom is -0.336 e. The number of hydrogen-bond acceptors (Lipinski definition) is 5. The number of anilines is 1. The van der Waals surface area contributed by atoms with Crippen molar-refractivity contribution in [2.75, 3.05) is 42.8 Å². The maximum atomic E-state index is 14.0. The first kappa shape index (κ1) is 22.6. The van der Waals surface area contributed by atoms with Gasteiger partial charge in [0, 0.05) is 38.3 Å². The van der Waals surface area contributed by atoms with Gasteiger partial charge in [-0.25, -0.2) is 25.6 Å². The molecule has 0 radical (unpaired) electrons. The number of sulfonamides is 2. The SMILES string of the molecule is O=C(c1ccc(N2CCCS2(=O)=O)cc1)N1CCN(S(=O)(=O)c2cc(F)ccc2F)CC1. The smallest absolute Gasteiger partial charge is 0.253 e. The molecule has 2 heterocycles. The molecule has 0 atom stereocenters. The van der Waals surface area contributed by atoms with Crippen LogP contribution in [0, 0.1) is 11.6 Å². The van der Waals surface area contributed by atoms with Gasteiger partial charge in [-0.15, -0.1) is 0 Å². The van der Waals surface area contributed by atoms with Crippen molar-refractivity contribution >= 4 is 31.6 Å². The summed E-state index contributed by atoms with van der Waals surface area (Å²) in [7, 11) is -7.55. The Morgan fingerprint density at radius 1 is 0.906 bits per heavy atom. The van der Waals surface area contributed by atoms with Crippen LogP contribution in [-0.4, -0.2) is 70.4 Å². The predicted molar refractivity (Wildman–Crippen MR) is 113 cm³/mol. The van der Waals surface area contributed by atoms with Crippen molar-refractivity contribution in [3.63, 3.8) is 0 Å². The Morgan fingerprint density at radius 2 is 1.56 bits per heavy atom. The molecule has 0 spiro atoms. The van der Waals surface area contributed by atoms with Crippen molar-refractivity contribution in [1.82, 2.24) is 9.21 Å². The lowest BCUT2D eigenvalue weighted by molar-refractivity contribution is 0.0697. The fourth-order valence-corrected chi connectivity index (χ4v) is 6.89. The van der Waals surface area contributed by atoms with Gasteiger partial charge in [0.25, 0.3) is 5.91 Å². The molecule has 0 aliphatic carbocycles. The summed E-state index contributed by atoms with van der Waals surface area (Å²) >= 11 is 0. The summed E-state index contributed by atoms with van der Waals surface area (Å²) in [6, 6.07) is 8.47. The molecule has 32 heavy (non-hydrogen) atoms. The van der Waals surface area contributed by atoms with Gasteiger partial charge in [0.05, 0.1) is 11.4 Å². The number of carbonyl (C=O) groups is 1. The zero-order chi connectivity index (χ0) is 23.1. The van der Waals surface area contributed by atoms with E-state index in [-0.39, 0.29) is 37.8 Å². The van der Waals surface area contributed by atoms with E-state index in [4.69, 9.17) is 0 Å². The third kappa shape index (κ3) is 4.21. The lowest BCUT2D eigenvalue weighted by Gasteiger charge is -2.34. The fourth-order valence-electron chi connectivity index (χ4n) is 3.83. The van der Waals surface area contributed by atoms with Crippen LogP contribution in [0.25, 0.3) is 0 Å². The monoisotopic (exact) mass is 485 g/mol. The van der Waals surface area contributed by atoms with E-state index in [0.717, 1.165) is 16.4 Å². The average molecular weight is 486 g/mol. The molecule has 0 aromatic heterocycles. The molecular weight excluding hydrogens is 464 g/mol. The van der Waals surface area contributed by atoms with Crippen molar-refractivity contribution < 1.29 is 30.4 Å². The van der Waals surface area contributed by atoms with Crippen LogP contribution in [0.2, 0.25) is 0 Å². The number of piperazine rings is 1. The molecule has 2 fully saturated rings. The van der Waals surface area contributed by atoms with Gasteiger partial charge in [0.1, 0.15) is 16.5 Å². The Morgan fingerprint density at radius 3 is 2.16 bits per heavy atom. The first-order valence-corrected chi connectivity index (χ1v) is 13.0. The third-order valence-corrected chi connectivity index (χ3v) is 9.32. The minimum absolute atomic E-state index is 0.0614. The topological polar surface area (TPSA) is 95.1 Å². The standard InChI is InChI=1S/C20H21F2N3O5S2/c21-16-4-7-18(22)19(14-16)32(29,30)24-11-9-23(10-12-24)20(26)15-2-5-17(6-3-15)25-8-1-13-31(25,27)28/h2-7,14H,1,8-13H2. The maximum absolute atomic E-state index is 14.0. The van der Waals surface area contributed by atoms with Gasteiger partial charge in [-0.05, 0) is 48.9 Å². The van der Waals surface area contributed by atoms with Gasteiger partial charge < -0.3 is 4.90 Å². The van der Waals surface area contributed by atoms with E-state index in [1.54, 1.807) is 12.1 Å². The molecule has 1 amide bonds. The predicted octanol–water partition coefficient (Wildman–Crippen LogP) is 1.65. The van der Waals surface area contributed by atoms with Crippen LogP contribution in [0.4, 0.5) is 14.5 Å². The molecule has 0 saturated carbocycles. The molecule has 2 saturated heterocycles. The first-order valence-electron chi connectivity index (χ1n) is 9.94. The van der Waals surface area contributed by atoms with Crippen LogP contribution in [0.15, 0.2) is 47.4 Å². The van der Waals surface area contributed by atoms with Crippen LogP contribution < -0.4 is 4.31 Å². The number of benzene rings is 2. The van der Waals surface area contributed by atoms with E-state index in [1.807, 2.05) is 0 Å². The molecule has 0 N–H and O–H groups in total. The van der Waals surface area contributed by atoms with Crippen molar-refractivity contribution in [3.8, 4) is 0 Å². The highest BCUT2D eigenvalue weighted by Gasteiger charge is 2.33. The number of nitrogens with zero attached hydrogens (tertiary/aromatic N) is 3. The van der Waals surface area contributed by atoms with Crippen molar-refractivity contribution in [1.29, 1.82) is 0 Å². The lowest BCUT2D eigenvalue weighted by Crippen LogP contribution is -2.50. The molecule has 2 aliphatic heterocycles. The Bertz CT molecular complexity index is 1240. The Labute approximate surface area is 185 Å². The van der Waals surface area contributed by atoms with E-state index >= 15 is 0 Å². The third-order valence-electron chi connectivity index (χ3n) is 5.54. The van der Waals surface area contributed by atoms with Gasteiger partial charge >= 0.3 is 0 Å². The number of amides is 1. The molecule has 2 aromatic carbocycles. The summed E-state index contributed by atoms with van der Waals surface area (Å²) in [5.41, 5.74) is 0.838. The second-order valence-corrected chi connectivity index (χ2v) is 11.5. The van der Waals surface area contributed by atoms with Crippen LogP contribution in [0.5, 0.6) is 0 Å². The molecular formula is C20H21F2N3O5S2. The molecule has 0 unspecified atom stereocenters. The highest BCUT2D eigenvalue weighted by Crippen LogP contribution is 2.25. The van der Waals surface area contributed by atoms with Crippen molar-refractivity contribution in [2.24, 2.45) is 0 Å². The van der Waals surface area contributed by atoms with Gasteiger partial charge in [-0.1, -0.05) is 0 Å². The van der Waals surface area contributed by atoms with E-state index in [0.29, 0.717) is 30.3 Å². The van der Waals surface area contributed by atoms with E-state index in [1.165, 1.54) is 21.3 Å². The second kappa shape index (κ2) is 8.41. The zero-order valence-electron chi connectivity index (χ0n) is 16.9. The Kier molecular flexibility index (Phi) is 5.94. The number of hydrogen-bond donors (Lipinski definition) is 0. The van der Waals surface area contributed by atoms with E-state index in [2.05, 4.69) is 0 Å². The lowest BCUT2D eigenvalue weighted by atomic mass is 10.1. The van der Waals surface area contributed by atoms with E-state index in [9.17, 15) is 30.4 Å². The van der Waals surface area contributed by atoms with Crippen LogP contribution in [0.1, 0.15) is 16.8 Å². The largest absolute Gasteiger partial charge is 0.336 e. The maximum Gasteiger partial charge on any atom is 0.253 e. The van der Waals surface area contributed by atoms with Crippen LogP contribution in [-0.2, 0) is 20.0 Å². The quantitative estimate of drug-likeness (QED) is 0.657. The molecule has 2 aliphatic rings. The molecule has 172 valence electrons. The highest BCUT2D eigenvalue weighted by atomic mass is 32.2. The number of carbonyl (C=O) groups excluding carboxylic acids is 1. The van der Waals surface area contributed by atoms with Gasteiger partial charge in [-0.2, -0.15) is 4.31 Å². The summed E-state index contributed by atoms with van der Waals surface area (Å²) in [4.78, 5) is 13.5. The van der Waals surface area contributed by atoms with Gasteiger partial charge in [-0.3, -0.25) is 9.10 Å². The summed E-state index contributed by atoms with van der Waals surface area (Å²) in [6.45, 7) is 0.439. The molecule has 4 rings (SSSR count). The molecule has 12 heteroatoms. The second-order valence-electron chi connectivity index (χ2n) is 7.56. The summed E-state index contributed by atoms with van der Waals surface area (Å²) in [5.74, 6) is -2.12. The van der Waals surface area contributed by atoms with Gasteiger partial charge in [0.15, 0.2) is 0 Å². The minimum atomic E-state index is -4.24.